The van der Waals surface area contributed by atoms with Crippen LogP contribution in [0.25, 0.3) is 0 Å². The Bertz CT molecular complexity index is 334. The minimum Gasteiger partial charge on any atom is -0.454 e. The van der Waals surface area contributed by atoms with Gasteiger partial charge < -0.3 is 9.52 Å². The van der Waals surface area contributed by atoms with Crippen LogP contribution in [0.15, 0.2) is 21.2 Å². The lowest BCUT2D eigenvalue weighted by Crippen LogP contribution is -2.48. The van der Waals surface area contributed by atoms with Gasteiger partial charge in [-0.25, -0.2) is 0 Å². The second-order valence-electron chi connectivity index (χ2n) is 4.31. The summed E-state index contributed by atoms with van der Waals surface area (Å²) in [6, 6.07) is 3.91. The molecule has 1 N–H and O–H groups in total. The van der Waals surface area contributed by atoms with Gasteiger partial charge in [0.25, 0.3) is 0 Å². The maximum Gasteiger partial charge on any atom is 0.169 e. The Morgan fingerprint density at radius 2 is 2.36 bits per heavy atom. The van der Waals surface area contributed by atoms with Crippen molar-refractivity contribution in [2.24, 2.45) is 5.41 Å². The van der Waals surface area contributed by atoms with Crippen molar-refractivity contribution in [1.29, 1.82) is 0 Å². The number of aliphatic hydroxyl groups is 1. The van der Waals surface area contributed by atoms with E-state index < -0.39 is 0 Å². The van der Waals surface area contributed by atoms with Gasteiger partial charge in [-0.1, -0.05) is 13.8 Å². The molecule has 78 valence electrons. The van der Waals surface area contributed by atoms with Gasteiger partial charge in [0.15, 0.2) is 4.67 Å². The quantitative estimate of drug-likeness (QED) is 0.883. The number of furan rings is 1. The van der Waals surface area contributed by atoms with Gasteiger partial charge in [0.05, 0.1) is 6.10 Å². The summed E-state index contributed by atoms with van der Waals surface area (Å²) in [5, 5.41) is 9.75. The summed E-state index contributed by atoms with van der Waals surface area (Å²) in [5.74, 6) is 1.36. The molecule has 1 aliphatic rings. The average Bonchev–Trinajstić information content (AvgIpc) is 2.59. The van der Waals surface area contributed by atoms with Crippen LogP contribution in [0, 0.1) is 5.41 Å². The van der Waals surface area contributed by atoms with E-state index >= 15 is 0 Å². The van der Waals surface area contributed by atoms with Crippen molar-refractivity contribution in [2.75, 3.05) is 0 Å². The van der Waals surface area contributed by atoms with Crippen molar-refractivity contribution >= 4 is 15.9 Å². The van der Waals surface area contributed by atoms with Crippen LogP contribution < -0.4 is 0 Å². The molecule has 2 nitrogen and oxygen atoms in total. The Labute approximate surface area is 92.4 Å². The van der Waals surface area contributed by atoms with E-state index in [1.807, 2.05) is 12.1 Å². The smallest absolute Gasteiger partial charge is 0.169 e. The number of halogens is 1. The average molecular weight is 259 g/mol. The third-order valence-electron chi connectivity index (χ3n) is 3.72. The predicted molar refractivity (Wildman–Crippen MR) is 58.2 cm³/mol. The zero-order valence-corrected chi connectivity index (χ0v) is 10.0. The molecular weight excluding hydrogens is 244 g/mol. The highest BCUT2D eigenvalue weighted by molar-refractivity contribution is 9.10. The number of hydrogen-bond donors (Lipinski definition) is 1. The van der Waals surface area contributed by atoms with Crippen LogP contribution >= 0.6 is 15.9 Å². The first-order valence-corrected chi connectivity index (χ1v) is 5.80. The van der Waals surface area contributed by atoms with Crippen LogP contribution in [0.5, 0.6) is 0 Å². The summed E-state index contributed by atoms with van der Waals surface area (Å²) in [6.07, 6.45) is 1.63. The highest BCUT2D eigenvalue weighted by atomic mass is 79.9. The molecule has 0 aliphatic heterocycles. The molecule has 3 unspecified atom stereocenters. The van der Waals surface area contributed by atoms with Crippen LogP contribution in [0.2, 0.25) is 0 Å². The molecule has 14 heavy (non-hydrogen) atoms. The van der Waals surface area contributed by atoms with Gasteiger partial charge in [0.2, 0.25) is 0 Å². The van der Waals surface area contributed by atoms with Gasteiger partial charge in [0, 0.05) is 11.3 Å². The van der Waals surface area contributed by atoms with E-state index in [1.54, 1.807) is 0 Å². The first-order chi connectivity index (χ1) is 6.58. The highest BCUT2D eigenvalue weighted by Crippen LogP contribution is 2.55. The summed E-state index contributed by atoms with van der Waals surface area (Å²) >= 11 is 3.30. The van der Waals surface area contributed by atoms with Gasteiger partial charge in [0.1, 0.15) is 5.76 Å². The first-order valence-electron chi connectivity index (χ1n) is 5.01. The lowest BCUT2D eigenvalue weighted by Gasteiger charge is -2.50. The molecule has 0 saturated heterocycles. The molecule has 1 aromatic rings. The second kappa shape index (κ2) is 3.38. The largest absolute Gasteiger partial charge is 0.454 e. The predicted octanol–water partition coefficient (Wildman–Crippen LogP) is 3.31. The summed E-state index contributed by atoms with van der Waals surface area (Å²) < 4.78 is 6.31. The zero-order valence-electron chi connectivity index (χ0n) is 8.46. The monoisotopic (exact) mass is 258 g/mol. The molecule has 1 aliphatic carbocycles. The summed E-state index contributed by atoms with van der Waals surface area (Å²) in [7, 11) is 0. The number of rotatable bonds is 2. The van der Waals surface area contributed by atoms with Crippen molar-refractivity contribution in [2.45, 2.75) is 38.7 Å². The second-order valence-corrected chi connectivity index (χ2v) is 5.09. The molecule has 1 saturated carbocycles. The van der Waals surface area contributed by atoms with Crippen LogP contribution in [0.3, 0.4) is 0 Å². The number of aliphatic hydroxyl groups excluding tert-OH is 1. The Morgan fingerprint density at radius 1 is 1.64 bits per heavy atom. The van der Waals surface area contributed by atoms with E-state index in [0.717, 1.165) is 23.3 Å². The normalized spacial score (nSPS) is 36.9. The van der Waals surface area contributed by atoms with Crippen LogP contribution in [-0.2, 0) is 0 Å². The Hall–Kier alpha value is -0.280. The van der Waals surface area contributed by atoms with E-state index in [9.17, 15) is 5.11 Å². The van der Waals surface area contributed by atoms with Gasteiger partial charge in [-0.3, -0.25) is 0 Å². The van der Waals surface area contributed by atoms with E-state index in [1.165, 1.54) is 0 Å². The molecule has 0 radical (unpaired) electrons. The van der Waals surface area contributed by atoms with Crippen molar-refractivity contribution < 1.29 is 9.52 Å². The molecule has 3 atom stereocenters. The molecule has 1 fully saturated rings. The summed E-state index contributed by atoms with van der Waals surface area (Å²) in [4.78, 5) is 0. The summed E-state index contributed by atoms with van der Waals surface area (Å²) in [6.45, 7) is 4.25. The standard InChI is InChI=1S/C11H15BrO2/c1-3-11(2)7(6-9(11)13)8-4-5-10(12)14-8/h4-5,7,9,13H,3,6H2,1-2H3. The van der Waals surface area contributed by atoms with Crippen molar-refractivity contribution in [3.63, 3.8) is 0 Å². The molecule has 0 spiro atoms. The molecule has 0 amide bonds. The van der Waals surface area contributed by atoms with Gasteiger partial charge in [-0.05, 0) is 40.9 Å². The Kier molecular flexibility index (Phi) is 2.48. The van der Waals surface area contributed by atoms with Gasteiger partial charge >= 0.3 is 0 Å². The third-order valence-corrected chi connectivity index (χ3v) is 4.14. The molecule has 1 heterocycles. The SMILES string of the molecule is CCC1(C)C(O)CC1c1ccc(Br)o1. The Balaban J connectivity index is 2.22. The van der Waals surface area contributed by atoms with Gasteiger partial charge in [-0.2, -0.15) is 0 Å². The maximum absolute atomic E-state index is 9.75. The molecule has 2 rings (SSSR count). The van der Waals surface area contributed by atoms with Crippen LogP contribution in [-0.4, -0.2) is 11.2 Å². The molecule has 0 bridgehead atoms. The van der Waals surface area contributed by atoms with E-state index in [0.29, 0.717) is 5.92 Å². The van der Waals surface area contributed by atoms with E-state index in [4.69, 9.17) is 4.42 Å². The zero-order chi connectivity index (χ0) is 10.3. The topological polar surface area (TPSA) is 33.4 Å². The van der Waals surface area contributed by atoms with Crippen molar-refractivity contribution in [3.05, 3.63) is 22.6 Å². The van der Waals surface area contributed by atoms with E-state index in [2.05, 4.69) is 29.8 Å². The fourth-order valence-corrected chi connectivity index (χ4v) is 2.59. The molecule has 1 aromatic heterocycles. The lowest BCUT2D eigenvalue weighted by molar-refractivity contribution is -0.0841. The Morgan fingerprint density at radius 3 is 2.79 bits per heavy atom. The molecule has 0 aromatic carbocycles. The lowest BCUT2D eigenvalue weighted by atomic mass is 9.57. The summed E-state index contributed by atoms with van der Waals surface area (Å²) in [5.41, 5.74) is -0.00269. The van der Waals surface area contributed by atoms with Crippen molar-refractivity contribution in [1.82, 2.24) is 0 Å². The minimum absolute atomic E-state index is 0.00269. The third kappa shape index (κ3) is 1.34. The highest BCUT2D eigenvalue weighted by Gasteiger charge is 2.51. The fourth-order valence-electron chi connectivity index (χ4n) is 2.27. The van der Waals surface area contributed by atoms with E-state index in [-0.39, 0.29) is 11.5 Å². The molecule has 3 heteroatoms. The van der Waals surface area contributed by atoms with Gasteiger partial charge in [-0.15, -0.1) is 0 Å². The fraction of sp³-hybridized carbons (Fsp3) is 0.636. The number of hydrogen-bond acceptors (Lipinski definition) is 2. The maximum atomic E-state index is 9.75. The van der Waals surface area contributed by atoms with Crippen LogP contribution in [0.4, 0.5) is 0 Å². The van der Waals surface area contributed by atoms with Crippen LogP contribution in [0.1, 0.15) is 38.4 Å². The molecular formula is C11H15BrO2. The van der Waals surface area contributed by atoms with Crippen molar-refractivity contribution in [3.8, 4) is 0 Å². The first kappa shape index (κ1) is 10.2. The minimum atomic E-state index is -0.179.